The maximum absolute atomic E-state index is 12.2. The van der Waals surface area contributed by atoms with Gasteiger partial charge in [0, 0.05) is 0 Å². The first-order valence-electron chi connectivity index (χ1n) is 8.06. The average molecular weight is 358 g/mol. The third-order valence-electron chi connectivity index (χ3n) is 3.95. The van der Waals surface area contributed by atoms with Crippen LogP contribution in [0.15, 0.2) is 60.7 Å². The highest BCUT2D eigenvalue weighted by Crippen LogP contribution is 2.24. The van der Waals surface area contributed by atoms with Crippen LogP contribution >= 0.6 is 0 Å². The first-order valence-corrected chi connectivity index (χ1v) is 8.06. The SMILES string of the molecule is O=C(OC[C@@H]1O[C@@H](O)C(O)[C@@H]1OC(=O)c1ccccc1)c1ccccc1. The van der Waals surface area contributed by atoms with Crippen molar-refractivity contribution in [3.63, 3.8) is 0 Å². The number of aliphatic hydroxyl groups excluding tert-OH is 2. The summed E-state index contributed by atoms with van der Waals surface area (Å²) in [6.07, 6.45) is -5.13. The Morgan fingerprint density at radius 1 is 0.885 bits per heavy atom. The highest BCUT2D eigenvalue weighted by Gasteiger charge is 2.46. The van der Waals surface area contributed by atoms with Crippen molar-refractivity contribution in [2.45, 2.75) is 24.6 Å². The molecule has 0 saturated carbocycles. The predicted molar refractivity (Wildman–Crippen MR) is 89.3 cm³/mol. The Balaban J connectivity index is 1.63. The number of carbonyl (C=O) groups excluding carboxylic acids is 2. The van der Waals surface area contributed by atoms with Gasteiger partial charge in [0.15, 0.2) is 12.4 Å². The van der Waals surface area contributed by atoms with Gasteiger partial charge in [-0.1, -0.05) is 36.4 Å². The number of hydrogen-bond donors (Lipinski definition) is 2. The number of aliphatic hydroxyl groups is 2. The number of carbonyl (C=O) groups is 2. The second-order valence-corrected chi connectivity index (χ2v) is 5.76. The smallest absolute Gasteiger partial charge is 0.338 e. The summed E-state index contributed by atoms with van der Waals surface area (Å²) < 4.78 is 15.6. The molecule has 2 aromatic carbocycles. The summed E-state index contributed by atoms with van der Waals surface area (Å²) in [5, 5.41) is 19.7. The lowest BCUT2D eigenvalue weighted by molar-refractivity contribution is -0.133. The van der Waals surface area contributed by atoms with Crippen molar-refractivity contribution in [2.75, 3.05) is 6.61 Å². The molecule has 0 aromatic heterocycles. The fraction of sp³-hybridized carbons (Fsp3) is 0.263. The molecule has 7 nitrogen and oxygen atoms in total. The molecule has 26 heavy (non-hydrogen) atoms. The zero-order valence-corrected chi connectivity index (χ0v) is 13.7. The van der Waals surface area contributed by atoms with Gasteiger partial charge in [0.25, 0.3) is 0 Å². The van der Waals surface area contributed by atoms with Crippen molar-refractivity contribution in [1.82, 2.24) is 0 Å². The van der Waals surface area contributed by atoms with E-state index in [1.54, 1.807) is 60.7 Å². The molecule has 1 fully saturated rings. The summed E-state index contributed by atoms with van der Waals surface area (Å²) in [7, 11) is 0. The van der Waals surface area contributed by atoms with Gasteiger partial charge in [0.1, 0.15) is 18.8 Å². The van der Waals surface area contributed by atoms with Crippen LogP contribution in [0.5, 0.6) is 0 Å². The van der Waals surface area contributed by atoms with Gasteiger partial charge in [0.05, 0.1) is 11.1 Å². The van der Waals surface area contributed by atoms with Crippen LogP contribution in [0.1, 0.15) is 20.7 Å². The lowest BCUT2D eigenvalue weighted by Crippen LogP contribution is -2.39. The lowest BCUT2D eigenvalue weighted by Gasteiger charge is -2.20. The standard InChI is InChI=1S/C19H18O7/c20-15-16(26-18(22)13-9-5-2-6-10-13)14(25-19(15)23)11-24-17(21)12-7-3-1-4-8-12/h1-10,14-16,19-20,23H,11H2/t14-,15?,16+,19+/m0/s1. The van der Waals surface area contributed by atoms with Crippen molar-refractivity contribution in [1.29, 1.82) is 0 Å². The van der Waals surface area contributed by atoms with Gasteiger partial charge in [-0.15, -0.1) is 0 Å². The molecule has 0 spiro atoms. The first-order chi connectivity index (χ1) is 12.6. The minimum absolute atomic E-state index is 0.283. The molecule has 7 heteroatoms. The van der Waals surface area contributed by atoms with E-state index in [9.17, 15) is 19.8 Å². The Labute approximate surface area is 149 Å². The highest BCUT2D eigenvalue weighted by molar-refractivity contribution is 5.90. The summed E-state index contributed by atoms with van der Waals surface area (Å²) in [5.41, 5.74) is 0.644. The summed E-state index contributed by atoms with van der Waals surface area (Å²) in [6.45, 7) is -0.283. The molecular formula is C19H18O7. The molecule has 0 radical (unpaired) electrons. The average Bonchev–Trinajstić information content (AvgIpc) is 2.95. The van der Waals surface area contributed by atoms with Crippen LogP contribution in [0.2, 0.25) is 0 Å². The van der Waals surface area contributed by atoms with Crippen LogP contribution < -0.4 is 0 Å². The molecular weight excluding hydrogens is 340 g/mol. The molecule has 0 aliphatic carbocycles. The molecule has 1 aliphatic rings. The van der Waals surface area contributed by atoms with Crippen LogP contribution in [-0.2, 0) is 14.2 Å². The Hall–Kier alpha value is -2.74. The van der Waals surface area contributed by atoms with Gasteiger partial charge in [-0.3, -0.25) is 0 Å². The van der Waals surface area contributed by atoms with Gasteiger partial charge < -0.3 is 24.4 Å². The molecule has 2 N–H and O–H groups in total. The maximum Gasteiger partial charge on any atom is 0.338 e. The van der Waals surface area contributed by atoms with E-state index in [1.165, 1.54) is 0 Å². The molecule has 1 aliphatic heterocycles. The molecule has 1 heterocycles. The van der Waals surface area contributed by atoms with Crippen molar-refractivity contribution < 1.29 is 34.0 Å². The molecule has 4 atom stereocenters. The van der Waals surface area contributed by atoms with Gasteiger partial charge in [-0.25, -0.2) is 9.59 Å². The number of ether oxygens (including phenoxy) is 3. The van der Waals surface area contributed by atoms with Gasteiger partial charge in [0.2, 0.25) is 0 Å². The van der Waals surface area contributed by atoms with Crippen molar-refractivity contribution in [3.05, 3.63) is 71.8 Å². The van der Waals surface area contributed by atoms with Crippen LogP contribution in [0.3, 0.4) is 0 Å². The summed E-state index contributed by atoms with van der Waals surface area (Å²) in [5.74, 6) is -1.26. The van der Waals surface area contributed by atoms with Gasteiger partial charge in [-0.05, 0) is 24.3 Å². The maximum atomic E-state index is 12.2. The van der Waals surface area contributed by atoms with Crippen molar-refractivity contribution in [2.24, 2.45) is 0 Å². The fourth-order valence-corrected chi connectivity index (χ4v) is 2.58. The molecule has 3 rings (SSSR count). The molecule has 1 saturated heterocycles. The third-order valence-corrected chi connectivity index (χ3v) is 3.95. The van der Waals surface area contributed by atoms with E-state index in [2.05, 4.69) is 0 Å². The topological polar surface area (TPSA) is 102 Å². The molecule has 136 valence electrons. The minimum atomic E-state index is -1.54. The van der Waals surface area contributed by atoms with E-state index >= 15 is 0 Å². The Kier molecular flexibility index (Phi) is 5.62. The number of hydrogen-bond acceptors (Lipinski definition) is 7. The van der Waals surface area contributed by atoms with E-state index in [-0.39, 0.29) is 6.61 Å². The van der Waals surface area contributed by atoms with Gasteiger partial charge >= 0.3 is 11.9 Å². The van der Waals surface area contributed by atoms with E-state index in [4.69, 9.17) is 14.2 Å². The van der Waals surface area contributed by atoms with Crippen LogP contribution in [0.25, 0.3) is 0 Å². The van der Waals surface area contributed by atoms with Gasteiger partial charge in [-0.2, -0.15) is 0 Å². The highest BCUT2D eigenvalue weighted by atomic mass is 16.7. The fourth-order valence-electron chi connectivity index (χ4n) is 2.58. The summed E-state index contributed by atoms with van der Waals surface area (Å²) >= 11 is 0. The zero-order valence-electron chi connectivity index (χ0n) is 13.7. The second-order valence-electron chi connectivity index (χ2n) is 5.76. The zero-order chi connectivity index (χ0) is 18.5. The second kappa shape index (κ2) is 8.09. The van der Waals surface area contributed by atoms with E-state index in [0.717, 1.165) is 0 Å². The number of rotatable bonds is 5. The monoisotopic (exact) mass is 358 g/mol. The van der Waals surface area contributed by atoms with E-state index in [0.29, 0.717) is 11.1 Å². The lowest BCUT2D eigenvalue weighted by atomic mass is 10.1. The number of esters is 2. The summed E-state index contributed by atoms with van der Waals surface area (Å²) in [4.78, 5) is 24.2. The van der Waals surface area contributed by atoms with Crippen molar-refractivity contribution in [3.8, 4) is 0 Å². The first kappa shape index (κ1) is 18.1. The number of benzene rings is 2. The Morgan fingerprint density at radius 2 is 1.42 bits per heavy atom. The minimum Gasteiger partial charge on any atom is -0.459 e. The van der Waals surface area contributed by atoms with Crippen LogP contribution in [0, 0.1) is 0 Å². The molecule has 1 unspecified atom stereocenters. The largest absolute Gasteiger partial charge is 0.459 e. The third kappa shape index (κ3) is 4.08. The molecule has 2 aromatic rings. The molecule has 0 bridgehead atoms. The van der Waals surface area contributed by atoms with E-state index in [1.807, 2.05) is 0 Å². The summed E-state index contributed by atoms with van der Waals surface area (Å²) in [6, 6.07) is 16.6. The van der Waals surface area contributed by atoms with Crippen LogP contribution in [0.4, 0.5) is 0 Å². The quantitative estimate of drug-likeness (QED) is 0.773. The Morgan fingerprint density at radius 3 is 2.00 bits per heavy atom. The normalized spacial score (nSPS) is 24.8. The van der Waals surface area contributed by atoms with Crippen LogP contribution in [-0.4, -0.2) is 53.4 Å². The van der Waals surface area contributed by atoms with Crippen molar-refractivity contribution >= 4 is 11.9 Å². The molecule has 0 amide bonds. The predicted octanol–water partition coefficient (Wildman–Crippen LogP) is 1.15. The Bertz CT molecular complexity index is 747. The van der Waals surface area contributed by atoms with E-state index < -0.39 is 36.5 Å².